The van der Waals surface area contributed by atoms with Gasteiger partial charge in [-0.25, -0.2) is 0 Å². The van der Waals surface area contributed by atoms with Crippen molar-refractivity contribution in [2.24, 2.45) is 5.92 Å². The van der Waals surface area contributed by atoms with E-state index in [4.69, 9.17) is 9.47 Å². The first-order valence-corrected chi connectivity index (χ1v) is 8.58. The van der Waals surface area contributed by atoms with Gasteiger partial charge in [-0.05, 0) is 51.8 Å². The van der Waals surface area contributed by atoms with Gasteiger partial charge in [0.15, 0.2) is 11.5 Å². The molecule has 0 aromatic heterocycles. The van der Waals surface area contributed by atoms with Crippen LogP contribution in [0, 0.1) is 5.92 Å². The van der Waals surface area contributed by atoms with Gasteiger partial charge in [0.1, 0.15) is 0 Å². The second kappa shape index (κ2) is 7.76. The summed E-state index contributed by atoms with van der Waals surface area (Å²) < 4.78 is 10.5. The lowest BCUT2D eigenvalue weighted by Gasteiger charge is -2.33. The molecule has 0 radical (unpaired) electrons. The van der Waals surface area contributed by atoms with Gasteiger partial charge in [0, 0.05) is 30.1 Å². The van der Waals surface area contributed by atoms with Crippen molar-refractivity contribution >= 4 is 11.8 Å². The molecule has 1 aliphatic heterocycles. The predicted molar refractivity (Wildman–Crippen MR) is 96.1 cm³/mol. The molecule has 0 atom stereocenters. The highest BCUT2D eigenvalue weighted by Crippen LogP contribution is 2.29. The molecule has 0 bridgehead atoms. The van der Waals surface area contributed by atoms with Crippen LogP contribution in [0.4, 0.5) is 0 Å². The summed E-state index contributed by atoms with van der Waals surface area (Å²) in [4.78, 5) is 26.8. The lowest BCUT2D eigenvalue weighted by Crippen LogP contribution is -2.47. The molecule has 138 valence electrons. The maximum absolute atomic E-state index is 12.7. The van der Waals surface area contributed by atoms with Gasteiger partial charge < -0.3 is 19.7 Å². The topological polar surface area (TPSA) is 67.9 Å². The van der Waals surface area contributed by atoms with E-state index in [2.05, 4.69) is 5.32 Å². The fourth-order valence-corrected chi connectivity index (χ4v) is 2.97. The molecule has 0 unspecified atom stereocenters. The number of rotatable bonds is 4. The highest BCUT2D eigenvalue weighted by atomic mass is 16.5. The van der Waals surface area contributed by atoms with Crippen LogP contribution in [0.1, 0.15) is 44.0 Å². The summed E-state index contributed by atoms with van der Waals surface area (Å²) in [5.41, 5.74) is 0.333. The minimum absolute atomic E-state index is 0.0336. The van der Waals surface area contributed by atoms with E-state index < -0.39 is 0 Å². The predicted octanol–water partition coefficient (Wildman–Crippen LogP) is 2.47. The van der Waals surface area contributed by atoms with Crippen molar-refractivity contribution < 1.29 is 19.1 Å². The van der Waals surface area contributed by atoms with Gasteiger partial charge in [0.05, 0.1) is 14.2 Å². The van der Waals surface area contributed by atoms with E-state index in [1.165, 1.54) is 0 Å². The zero-order chi connectivity index (χ0) is 18.6. The molecule has 25 heavy (non-hydrogen) atoms. The fourth-order valence-electron chi connectivity index (χ4n) is 2.97. The molecular formula is C19H28N2O4. The Balaban J connectivity index is 1.98. The smallest absolute Gasteiger partial charge is 0.253 e. The molecule has 2 rings (SSSR count). The Morgan fingerprint density at radius 3 is 2.20 bits per heavy atom. The number of piperidine rings is 1. The number of carbonyl (C=O) groups excluding carboxylic acids is 2. The van der Waals surface area contributed by atoms with E-state index >= 15 is 0 Å². The number of carbonyl (C=O) groups is 2. The highest BCUT2D eigenvalue weighted by Gasteiger charge is 2.29. The largest absolute Gasteiger partial charge is 0.493 e. The van der Waals surface area contributed by atoms with Gasteiger partial charge in [-0.15, -0.1) is 0 Å². The molecule has 0 spiro atoms. The molecule has 6 heteroatoms. The Bertz CT molecular complexity index is 629. The molecule has 1 heterocycles. The Morgan fingerprint density at radius 2 is 1.68 bits per heavy atom. The Kier molecular flexibility index (Phi) is 5.93. The van der Waals surface area contributed by atoms with Crippen molar-refractivity contribution in [2.75, 3.05) is 27.3 Å². The van der Waals surface area contributed by atoms with Gasteiger partial charge >= 0.3 is 0 Å². The second-order valence-electron chi connectivity index (χ2n) is 7.38. The van der Waals surface area contributed by atoms with Crippen LogP contribution in [0.3, 0.4) is 0 Å². The van der Waals surface area contributed by atoms with E-state index in [0.29, 0.717) is 43.0 Å². The van der Waals surface area contributed by atoms with Crippen LogP contribution in [-0.4, -0.2) is 49.6 Å². The number of benzene rings is 1. The fraction of sp³-hybridized carbons (Fsp3) is 0.579. The van der Waals surface area contributed by atoms with Crippen molar-refractivity contribution in [1.82, 2.24) is 10.2 Å². The van der Waals surface area contributed by atoms with Crippen LogP contribution in [0.25, 0.3) is 0 Å². The normalized spacial score (nSPS) is 15.6. The van der Waals surface area contributed by atoms with Crippen LogP contribution in [0.5, 0.6) is 11.5 Å². The Labute approximate surface area is 149 Å². The van der Waals surface area contributed by atoms with E-state index in [1.54, 1.807) is 37.3 Å². The van der Waals surface area contributed by atoms with Crippen LogP contribution in [0.15, 0.2) is 18.2 Å². The molecule has 1 fully saturated rings. The van der Waals surface area contributed by atoms with Gasteiger partial charge in [-0.3, -0.25) is 9.59 Å². The van der Waals surface area contributed by atoms with E-state index in [1.807, 2.05) is 20.8 Å². The van der Waals surface area contributed by atoms with Crippen LogP contribution in [0.2, 0.25) is 0 Å². The SMILES string of the molecule is COc1ccc(C(=O)N2CCC(C(=O)NC(C)(C)C)CC2)cc1OC. The highest BCUT2D eigenvalue weighted by molar-refractivity contribution is 5.95. The average Bonchev–Trinajstić information content (AvgIpc) is 2.59. The number of methoxy groups -OCH3 is 2. The molecule has 0 aliphatic carbocycles. The number of nitrogens with zero attached hydrogens (tertiary/aromatic N) is 1. The van der Waals surface area contributed by atoms with Gasteiger partial charge in [-0.2, -0.15) is 0 Å². The third-order valence-electron chi connectivity index (χ3n) is 4.28. The standard InChI is InChI=1S/C19H28N2O4/c1-19(2,3)20-17(22)13-8-10-21(11-9-13)18(23)14-6-7-15(24-4)16(12-14)25-5/h6-7,12-13H,8-11H2,1-5H3,(H,20,22). The van der Waals surface area contributed by atoms with Crippen molar-refractivity contribution in [1.29, 1.82) is 0 Å². The molecular weight excluding hydrogens is 320 g/mol. The second-order valence-corrected chi connectivity index (χ2v) is 7.38. The summed E-state index contributed by atoms with van der Waals surface area (Å²) in [5, 5.41) is 3.02. The third kappa shape index (κ3) is 4.87. The third-order valence-corrected chi connectivity index (χ3v) is 4.28. The summed E-state index contributed by atoms with van der Waals surface area (Å²) in [5.74, 6) is 1.12. The molecule has 0 saturated carbocycles. The molecule has 1 N–H and O–H groups in total. The zero-order valence-electron chi connectivity index (χ0n) is 15.7. The first kappa shape index (κ1) is 19.1. The van der Waals surface area contributed by atoms with Gasteiger partial charge in [0.25, 0.3) is 5.91 Å². The van der Waals surface area contributed by atoms with E-state index in [9.17, 15) is 9.59 Å². The van der Waals surface area contributed by atoms with Crippen molar-refractivity contribution in [3.05, 3.63) is 23.8 Å². The first-order valence-electron chi connectivity index (χ1n) is 8.58. The number of hydrogen-bond donors (Lipinski definition) is 1. The maximum atomic E-state index is 12.7. The van der Waals surface area contributed by atoms with Crippen molar-refractivity contribution in [3.8, 4) is 11.5 Å². The Morgan fingerprint density at radius 1 is 1.08 bits per heavy atom. The molecule has 1 aliphatic rings. The summed E-state index contributed by atoms with van der Waals surface area (Å²) in [6.45, 7) is 7.08. The van der Waals surface area contributed by atoms with Gasteiger partial charge in [-0.1, -0.05) is 0 Å². The minimum Gasteiger partial charge on any atom is -0.493 e. The summed E-state index contributed by atoms with van der Waals surface area (Å²) in [7, 11) is 3.11. The molecule has 2 amide bonds. The zero-order valence-corrected chi connectivity index (χ0v) is 15.7. The van der Waals surface area contributed by atoms with Crippen LogP contribution >= 0.6 is 0 Å². The van der Waals surface area contributed by atoms with Gasteiger partial charge in [0.2, 0.25) is 5.91 Å². The van der Waals surface area contributed by atoms with E-state index in [0.717, 1.165) is 0 Å². The molecule has 1 aromatic carbocycles. The minimum atomic E-state index is -0.232. The van der Waals surface area contributed by atoms with E-state index in [-0.39, 0.29) is 23.3 Å². The average molecular weight is 348 g/mol. The number of ether oxygens (including phenoxy) is 2. The Hall–Kier alpha value is -2.24. The van der Waals surface area contributed by atoms with Crippen molar-refractivity contribution in [3.63, 3.8) is 0 Å². The molecule has 1 aromatic rings. The molecule has 1 saturated heterocycles. The molecule has 6 nitrogen and oxygen atoms in total. The van der Waals surface area contributed by atoms with Crippen LogP contribution in [-0.2, 0) is 4.79 Å². The number of likely N-dealkylation sites (tertiary alicyclic amines) is 1. The number of amides is 2. The first-order chi connectivity index (χ1) is 11.7. The summed E-state index contributed by atoms with van der Waals surface area (Å²) in [6, 6.07) is 5.16. The number of nitrogens with one attached hydrogen (secondary N) is 1. The quantitative estimate of drug-likeness (QED) is 0.908. The summed E-state index contributed by atoms with van der Waals surface area (Å²) in [6.07, 6.45) is 1.36. The number of hydrogen-bond acceptors (Lipinski definition) is 4. The lowest BCUT2D eigenvalue weighted by molar-refractivity contribution is -0.127. The lowest BCUT2D eigenvalue weighted by atomic mass is 9.94. The monoisotopic (exact) mass is 348 g/mol. The maximum Gasteiger partial charge on any atom is 0.253 e. The summed E-state index contributed by atoms with van der Waals surface area (Å²) >= 11 is 0. The van der Waals surface area contributed by atoms with Crippen LogP contribution < -0.4 is 14.8 Å². The van der Waals surface area contributed by atoms with Crippen molar-refractivity contribution in [2.45, 2.75) is 39.2 Å².